The highest BCUT2D eigenvalue weighted by atomic mass is 35.5. The van der Waals surface area contributed by atoms with E-state index < -0.39 is 0 Å². The molecule has 0 unspecified atom stereocenters. The van der Waals surface area contributed by atoms with Gasteiger partial charge in [0, 0.05) is 16.0 Å². The highest BCUT2D eigenvalue weighted by Crippen LogP contribution is 2.20. The van der Waals surface area contributed by atoms with E-state index in [1.165, 1.54) is 0 Å². The molecular weight excluding hydrogens is 286 g/mol. The molecule has 0 saturated heterocycles. The molecule has 0 bridgehead atoms. The zero-order chi connectivity index (χ0) is 13.7. The van der Waals surface area contributed by atoms with Gasteiger partial charge in [0.15, 0.2) is 5.69 Å². The highest BCUT2D eigenvalue weighted by Gasteiger charge is 2.11. The summed E-state index contributed by atoms with van der Waals surface area (Å²) in [5, 5.41) is 17.1. The van der Waals surface area contributed by atoms with E-state index in [-0.39, 0.29) is 18.2 Å². The second kappa shape index (κ2) is 6.29. The number of hydrogen-bond donors (Lipinski definition) is 2. The van der Waals surface area contributed by atoms with Crippen molar-refractivity contribution < 1.29 is 9.90 Å². The zero-order valence-corrected chi connectivity index (χ0v) is 11.1. The van der Waals surface area contributed by atoms with Gasteiger partial charge in [-0.25, -0.2) is 0 Å². The molecule has 2 rings (SSSR count). The Morgan fingerprint density at radius 2 is 2.37 bits per heavy atom. The molecule has 19 heavy (non-hydrogen) atoms. The van der Waals surface area contributed by atoms with E-state index in [1.807, 2.05) is 0 Å². The molecule has 2 N–H and O–H groups in total. The number of rotatable bonds is 2. The number of nitrogens with zero attached hydrogens (tertiary/aromatic N) is 2. The number of carbonyl (C=O) groups is 1. The summed E-state index contributed by atoms with van der Waals surface area (Å²) in [4.78, 5) is 11.8. The summed E-state index contributed by atoms with van der Waals surface area (Å²) in [6.45, 7) is -0.268. The molecular formula is C12H8ClN3O2S. The standard InChI is InChI=1S/C12H8ClN3O2S/c13-9-3-4-10(8(6-9)2-1-5-17)14-12(18)11-7-19-16-15-11/h3-4,6-7,17H,5H2,(H,14,18). The van der Waals surface area contributed by atoms with Crippen LogP contribution in [0.15, 0.2) is 23.6 Å². The number of halogens is 1. The third kappa shape index (κ3) is 3.51. The number of anilines is 1. The fourth-order valence-electron chi connectivity index (χ4n) is 1.31. The number of aromatic nitrogens is 2. The van der Waals surface area contributed by atoms with Crippen molar-refractivity contribution in [3.05, 3.63) is 39.9 Å². The first kappa shape index (κ1) is 13.5. The van der Waals surface area contributed by atoms with E-state index in [1.54, 1.807) is 23.6 Å². The normalized spacial score (nSPS) is 9.58. The van der Waals surface area contributed by atoms with Crippen LogP contribution in [0.3, 0.4) is 0 Å². The van der Waals surface area contributed by atoms with E-state index in [4.69, 9.17) is 16.7 Å². The molecule has 2 aromatic rings. The van der Waals surface area contributed by atoms with Gasteiger partial charge in [-0.1, -0.05) is 27.9 Å². The van der Waals surface area contributed by atoms with Gasteiger partial charge in [-0.05, 0) is 29.7 Å². The molecule has 0 spiro atoms. The maximum Gasteiger partial charge on any atom is 0.277 e. The predicted molar refractivity (Wildman–Crippen MR) is 73.3 cm³/mol. The maximum atomic E-state index is 11.8. The van der Waals surface area contributed by atoms with Crippen LogP contribution in [-0.4, -0.2) is 27.2 Å². The topological polar surface area (TPSA) is 75.1 Å². The number of amides is 1. The molecule has 96 valence electrons. The molecule has 0 radical (unpaired) electrons. The first-order valence-electron chi connectivity index (χ1n) is 5.18. The minimum atomic E-state index is -0.372. The maximum absolute atomic E-state index is 11.8. The second-order valence-electron chi connectivity index (χ2n) is 3.39. The molecule has 0 saturated carbocycles. The zero-order valence-electron chi connectivity index (χ0n) is 9.55. The Morgan fingerprint density at radius 3 is 3.05 bits per heavy atom. The Morgan fingerprint density at radius 1 is 1.53 bits per heavy atom. The van der Waals surface area contributed by atoms with E-state index >= 15 is 0 Å². The fourth-order valence-corrected chi connectivity index (χ4v) is 1.92. The van der Waals surface area contributed by atoms with E-state index in [0.29, 0.717) is 16.3 Å². The summed E-state index contributed by atoms with van der Waals surface area (Å²) < 4.78 is 3.62. The summed E-state index contributed by atoms with van der Waals surface area (Å²) >= 11 is 6.96. The van der Waals surface area contributed by atoms with Crippen molar-refractivity contribution >= 4 is 34.7 Å². The van der Waals surface area contributed by atoms with Crippen molar-refractivity contribution in [1.29, 1.82) is 0 Å². The van der Waals surface area contributed by atoms with Gasteiger partial charge in [0.2, 0.25) is 0 Å². The van der Waals surface area contributed by atoms with Crippen LogP contribution in [-0.2, 0) is 0 Å². The third-order valence-electron chi connectivity index (χ3n) is 2.12. The molecule has 7 heteroatoms. The lowest BCUT2D eigenvalue weighted by Crippen LogP contribution is -2.13. The number of aliphatic hydroxyl groups is 1. The smallest absolute Gasteiger partial charge is 0.277 e. The van der Waals surface area contributed by atoms with Crippen molar-refractivity contribution in [2.75, 3.05) is 11.9 Å². The summed E-state index contributed by atoms with van der Waals surface area (Å²) in [5.41, 5.74) is 1.27. The van der Waals surface area contributed by atoms with Crippen molar-refractivity contribution in [3.63, 3.8) is 0 Å². The van der Waals surface area contributed by atoms with Crippen LogP contribution >= 0.6 is 23.1 Å². The van der Waals surface area contributed by atoms with Gasteiger partial charge in [-0.3, -0.25) is 4.79 Å². The minimum Gasteiger partial charge on any atom is -0.384 e. The molecule has 1 aromatic carbocycles. The van der Waals surface area contributed by atoms with Gasteiger partial charge >= 0.3 is 0 Å². The molecule has 1 amide bonds. The minimum absolute atomic E-state index is 0.237. The lowest BCUT2D eigenvalue weighted by molar-refractivity contribution is 0.102. The fraction of sp³-hybridized carbons (Fsp3) is 0.0833. The summed E-state index contributed by atoms with van der Waals surface area (Å²) in [5.74, 6) is 4.86. The molecule has 5 nitrogen and oxygen atoms in total. The van der Waals surface area contributed by atoms with Crippen LogP contribution in [0, 0.1) is 11.8 Å². The van der Waals surface area contributed by atoms with Crippen molar-refractivity contribution in [2.24, 2.45) is 0 Å². The molecule has 1 heterocycles. The Bertz CT molecular complexity index is 647. The number of benzene rings is 1. The molecule has 1 aromatic heterocycles. The molecule has 0 aliphatic rings. The van der Waals surface area contributed by atoms with Crippen LogP contribution in [0.1, 0.15) is 16.1 Å². The average Bonchev–Trinajstić information content (AvgIpc) is 2.93. The van der Waals surface area contributed by atoms with E-state index in [2.05, 4.69) is 26.7 Å². The van der Waals surface area contributed by atoms with E-state index in [0.717, 1.165) is 11.5 Å². The van der Waals surface area contributed by atoms with E-state index in [9.17, 15) is 4.79 Å². The largest absolute Gasteiger partial charge is 0.384 e. The average molecular weight is 294 g/mol. The third-order valence-corrected chi connectivity index (χ3v) is 2.86. The predicted octanol–water partition coefficient (Wildman–Crippen LogP) is 1.79. The van der Waals surface area contributed by atoms with Crippen LogP contribution in [0.2, 0.25) is 5.02 Å². The number of nitrogens with one attached hydrogen (secondary N) is 1. The van der Waals surface area contributed by atoms with Gasteiger partial charge in [0.25, 0.3) is 5.91 Å². The lowest BCUT2D eigenvalue weighted by Gasteiger charge is -2.06. The number of hydrogen-bond acceptors (Lipinski definition) is 5. The van der Waals surface area contributed by atoms with Gasteiger partial charge in [0.05, 0.1) is 5.69 Å². The van der Waals surface area contributed by atoms with Crippen LogP contribution in [0.5, 0.6) is 0 Å². The quantitative estimate of drug-likeness (QED) is 0.828. The monoisotopic (exact) mass is 293 g/mol. The van der Waals surface area contributed by atoms with Gasteiger partial charge in [-0.15, -0.1) is 5.10 Å². The number of carbonyl (C=O) groups excluding carboxylic acids is 1. The molecule has 0 aliphatic heterocycles. The van der Waals surface area contributed by atoms with Gasteiger partial charge < -0.3 is 10.4 Å². The Hall–Kier alpha value is -1.94. The molecule has 0 atom stereocenters. The SMILES string of the molecule is O=C(Nc1ccc(Cl)cc1C#CCO)c1csnn1. The second-order valence-corrected chi connectivity index (χ2v) is 4.44. The van der Waals surface area contributed by atoms with Crippen molar-refractivity contribution in [2.45, 2.75) is 0 Å². The Kier molecular flexibility index (Phi) is 4.47. The van der Waals surface area contributed by atoms with Crippen LogP contribution in [0.25, 0.3) is 0 Å². The van der Waals surface area contributed by atoms with Crippen molar-refractivity contribution in [3.8, 4) is 11.8 Å². The van der Waals surface area contributed by atoms with Crippen LogP contribution in [0.4, 0.5) is 5.69 Å². The number of aliphatic hydroxyl groups excluding tert-OH is 1. The van der Waals surface area contributed by atoms with Gasteiger partial charge in [-0.2, -0.15) is 0 Å². The van der Waals surface area contributed by atoms with Gasteiger partial charge in [0.1, 0.15) is 6.61 Å². The summed E-state index contributed by atoms with van der Waals surface area (Å²) in [7, 11) is 0. The van der Waals surface area contributed by atoms with Crippen molar-refractivity contribution in [1.82, 2.24) is 9.59 Å². The summed E-state index contributed by atoms with van der Waals surface area (Å²) in [6.07, 6.45) is 0. The Balaban J connectivity index is 2.27. The molecule has 0 fully saturated rings. The first-order chi connectivity index (χ1) is 9.20. The summed E-state index contributed by atoms with van der Waals surface area (Å²) in [6, 6.07) is 4.89. The highest BCUT2D eigenvalue weighted by molar-refractivity contribution is 7.03. The first-order valence-corrected chi connectivity index (χ1v) is 6.40. The van der Waals surface area contributed by atoms with Crippen LogP contribution < -0.4 is 5.32 Å². The molecule has 0 aliphatic carbocycles. The lowest BCUT2D eigenvalue weighted by atomic mass is 10.1. The Labute approximate surface area is 118 Å².